The summed E-state index contributed by atoms with van der Waals surface area (Å²) in [6.07, 6.45) is 1.95. The summed E-state index contributed by atoms with van der Waals surface area (Å²) in [6, 6.07) is 90.7. The summed E-state index contributed by atoms with van der Waals surface area (Å²) < 4.78 is 4.49. The van der Waals surface area contributed by atoms with E-state index in [4.69, 9.17) is 19.9 Å². The van der Waals surface area contributed by atoms with Crippen LogP contribution in [0.1, 0.15) is 158 Å². The van der Waals surface area contributed by atoms with Crippen molar-refractivity contribution >= 4 is 65.3 Å². The smallest absolute Gasteiger partial charge is 0.148 e. The Kier molecular flexibility index (Phi) is 20.8. The van der Waals surface area contributed by atoms with Crippen LogP contribution in [0.2, 0.25) is 0 Å². The second kappa shape index (κ2) is 29.3. The zero-order chi connectivity index (χ0) is 76.3. The molecule has 16 rings (SSSR count). The van der Waals surface area contributed by atoms with Crippen LogP contribution in [-0.2, 0) is 74.6 Å². The number of rotatable bonds is 8. The van der Waals surface area contributed by atoms with Crippen molar-refractivity contribution in [3.63, 3.8) is 0 Å². The van der Waals surface area contributed by atoms with E-state index in [0.717, 1.165) is 155 Å². The van der Waals surface area contributed by atoms with Gasteiger partial charge in [-0.05, 0) is 113 Å². The van der Waals surface area contributed by atoms with E-state index in [1.807, 2.05) is 24.4 Å². The number of para-hydroxylation sites is 3. The third-order valence-corrected chi connectivity index (χ3v) is 21.3. The molecule has 0 bridgehead atoms. The molecule has 560 valence electrons. The number of aromatic nitrogens is 6. The molecule has 4 aromatic heterocycles. The number of hydrogen-bond acceptors (Lipinski definition) is 6. The average Bonchev–Trinajstić information content (AvgIpc) is 1.58. The van der Waals surface area contributed by atoms with Gasteiger partial charge in [-0.1, -0.05) is 317 Å². The summed E-state index contributed by atoms with van der Waals surface area (Å²) in [5.41, 5.74) is 20.9. The van der Waals surface area contributed by atoms with Gasteiger partial charge in [-0.25, -0.2) is 9.97 Å². The van der Waals surface area contributed by atoms with Crippen molar-refractivity contribution in [3.05, 3.63) is 288 Å². The normalized spacial score (nSPS) is 12.4. The molecule has 0 unspecified atom stereocenters. The molecule has 0 saturated heterocycles. The van der Waals surface area contributed by atoms with Crippen LogP contribution < -0.4 is 0 Å². The molecular weight excluding hydrogens is 1710 g/mol. The van der Waals surface area contributed by atoms with Crippen LogP contribution in [0.25, 0.3) is 144 Å². The third-order valence-electron chi connectivity index (χ3n) is 21.3. The Labute approximate surface area is 677 Å². The van der Waals surface area contributed by atoms with Crippen molar-refractivity contribution in [3.8, 4) is 90.4 Å². The Bertz CT molecular complexity index is 5840. The van der Waals surface area contributed by atoms with Gasteiger partial charge < -0.3 is 10.2 Å². The van der Waals surface area contributed by atoms with Crippen molar-refractivity contribution in [2.45, 2.75) is 157 Å². The maximum Gasteiger partial charge on any atom is 0.148 e. The van der Waals surface area contributed by atoms with Crippen molar-refractivity contribution in [1.29, 1.82) is 0 Å². The molecule has 0 aliphatic heterocycles. The fourth-order valence-corrected chi connectivity index (χ4v) is 14.9. The first kappa shape index (κ1) is 78.0. The molecule has 0 spiro atoms. The van der Waals surface area contributed by atoms with Gasteiger partial charge in [0.25, 0.3) is 0 Å². The number of imidazole rings is 2. The second-order valence-corrected chi connectivity index (χ2v) is 35.4. The number of pyridine rings is 2. The van der Waals surface area contributed by atoms with Crippen LogP contribution in [0, 0.1) is 12.1 Å². The first-order valence-electron chi connectivity index (χ1n) is 37.8. The number of aromatic hydroxyl groups is 2. The van der Waals surface area contributed by atoms with Crippen molar-refractivity contribution in [2.24, 2.45) is 0 Å². The van der Waals surface area contributed by atoms with Gasteiger partial charge in [0.05, 0.1) is 50.1 Å². The molecule has 4 heterocycles. The van der Waals surface area contributed by atoms with Gasteiger partial charge in [0.1, 0.15) is 23.1 Å². The molecule has 0 saturated carbocycles. The van der Waals surface area contributed by atoms with Gasteiger partial charge in [-0.3, -0.25) is 19.1 Å². The van der Waals surface area contributed by atoms with Gasteiger partial charge in [-0.2, -0.15) is 0 Å². The van der Waals surface area contributed by atoms with E-state index < -0.39 is 0 Å². The van der Waals surface area contributed by atoms with Gasteiger partial charge in [-0.15, -0.1) is 58.7 Å². The van der Waals surface area contributed by atoms with E-state index in [1.165, 1.54) is 11.1 Å². The van der Waals surface area contributed by atoms with E-state index in [2.05, 4.69) is 364 Å². The molecule has 0 fully saturated rings. The fraction of sp³-hybridized carbons (Fsp3) is 0.240. The SMILES string of the molecule is CC(C)(C)c1cc(-c2cc3ccccc3cn2)[c-]c(-c2cccc3c2nc(-c2cc(C(C)(C)C)cc(C(C)(C)C)c2O)n3-c2cccc3ccccc23)c1.CC(C)(C)c1cc(-c2ccc3ccccc3n2)[c-]c(-c2cccc3c2nc(-c2cc(C(C)(C)C)cc(C(C)(C)C)c2O)n3-c2cccc3ccccc23)c1.[Pt].[Pt]. The molecule has 10 heteroatoms. The number of hydrogen-bond donors (Lipinski definition) is 2. The molecular formula is C100H96N6O2Pt2-2. The first-order valence-corrected chi connectivity index (χ1v) is 37.8. The first-order chi connectivity index (χ1) is 51.1. The second-order valence-electron chi connectivity index (χ2n) is 35.4. The Morgan fingerprint density at radius 1 is 0.300 bits per heavy atom. The molecule has 0 radical (unpaired) electrons. The maximum absolute atomic E-state index is 12.3. The Morgan fingerprint density at radius 3 is 1.12 bits per heavy atom. The maximum atomic E-state index is 12.3. The molecule has 16 aromatic rings. The molecule has 110 heavy (non-hydrogen) atoms. The average molecular weight is 1800 g/mol. The van der Waals surface area contributed by atoms with Crippen LogP contribution in [0.5, 0.6) is 11.5 Å². The number of phenols is 2. The Hall–Kier alpha value is -10.1. The predicted octanol–water partition coefficient (Wildman–Crippen LogP) is 26.2. The third kappa shape index (κ3) is 15.0. The van der Waals surface area contributed by atoms with Gasteiger partial charge in [0.2, 0.25) is 0 Å². The molecule has 8 nitrogen and oxygen atoms in total. The Balaban J connectivity index is 0.000000190. The molecule has 0 aliphatic rings. The van der Waals surface area contributed by atoms with Crippen LogP contribution in [0.15, 0.2) is 243 Å². The minimum absolute atomic E-state index is 0. The summed E-state index contributed by atoms with van der Waals surface area (Å²) in [6.45, 7) is 39.8. The van der Waals surface area contributed by atoms with E-state index >= 15 is 0 Å². The van der Waals surface area contributed by atoms with Crippen molar-refractivity contribution < 1.29 is 52.3 Å². The summed E-state index contributed by atoms with van der Waals surface area (Å²) in [5, 5.41) is 32.4. The fourth-order valence-electron chi connectivity index (χ4n) is 14.9. The van der Waals surface area contributed by atoms with Gasteiger partial charge in [0.15, 0.2) is 0 Å². The van der Waals surface area contributed by atoms with E-state index in [1.54, 1.807) is 0 Å². The minimum Gasteiger partial charge on any atom is -0.507 e. The predicted molar refractivity (Wildman–Crippen MR) is 454 cm³/mol. The quantitative estimate of drug-likeness (QED) is 0.147. The molecule has 0 atom stereocenters. The minimum atomic E-state index is -0.295. The van der Waals surface area contributed by atoms with Crippen molar-refractivity contribution in [2.75, 3.05) is 0 Å². The summed E-state index contributed by atoms with van der Waals surface area (Å²) in [5.74, 6) is 1.93. The molecule has 0 amide bonds. The number of phenolic OH excluding ortho intramolecular Hbond substituents is 2. The molecule has 0 aliphatic carbocycles. The summed E-state index contributed by atoms with van der Waals surface area (Å²) >= 11 is 0. The standard InChI is InChI=1S/2C50H48N3O.2Pt/c1-48(2,3)35-27-33(26-34(28-35)42-25-24-32-17-11-13-21-41(32)51-42)38-20-15-23-44-45(38)52-47(53(44)43-22-14-18-31-16-10-12-19-37(31)43)39-29-36(49(4,5)6)30-40(46(39)54)50(7,8)9;1-48(2,3)36-25-34(24-35(26-36)42-27-32-17-10-11-18-33(32)30-51-42)39-21-15-23-44-45(39)52-47(53(44)43-22-14-19-31-16-12-13-20-38(31)43)40-28-37(49(4,5)6)29-41(46(40)54)50(7,8)9;;/h10-25,27-30,54H,1-9H3;10-23,25-30,54H,1-9H3;;/q2*-1;;. The number of fused-ring (bicyclic) bond motifs is 6. The summed E-state index contributed by atoms with van der Waals surface area (Å²) in [7, 11) is 0. The van der Waals surface area contributed by atoms with E-state index in [0.29, 0.717) is 11.6 Å². The largest absolute Gasteiger partial charge is 0.507 e. The van der Waals surface area contributed by atoms with Crippen LogP contribution in [0.3, 0.4) is 0 Å². The topological polar surface area (TPSA) is 102 Å². The van der Waals surface area contributed by atoms with Crippen LogP contribution in [0.4, 0.5) is 0 Å². The van der Waals surface area contributed by atoms with E-state index in [-0.39, 0.29) is 86.1 Å². The monoisotopic (exact) mass is 1800 g/mol. The Morgan fingerprint density at radius 2 is 0.673 bits per heavy atom. The number of nitrogens with zero attached hydrogens (tertiary/aromatic N) is 6. The summed E-state index contributed by atoms with van der Waals surface area (Å²) in [4.78, 5) is 21.1. The zero-order valence-electron chi connectivity index (χ0n) is 66.3. The molecule has 2 N–H and O–H groups in total. The van der Waals surface area contributed by atoms with Gasteiger partial charge in [0, 0.05) is 81.6 Å². The van der Waals surface area contributed by atoms with Crippen LogP contribution >= 0.6 is 0 Å². The zero-order valence-corrected chi connectivity index (χ0v) is 70.8. The van der Waals surface area contributed by atoms with Crippen molar-refractivity contribution in [1.82, 2.24) is 29.1 Å². The van der Waals surface area contributed by atoms with Crippen LogP contribution in [-0.4, -0.2) is 39.3 Å². The van der Waals surface area contributed by atoms with E-state index in [9.17, 15) is 10.2 Å². The molecule has 12 aromatic carbocycles. The number of benzene rings is 12. The van der Waals surface area contributed by atoms with Gasteiger partial charge >= 0.3 is 0 Å².